The quantitative estimate of drug-likeness (QED) is 0.0892. The number of amides is 2. The Hall–Kier alpha value is -5.01. The number of hydrogen-bond acceptors (Lipinski definition) is 8. The van der Waals surface area contributed by atoms with Gasteiger partial charge >= 0.3 is 6.18 Å². The molecule has 0 bridgehead atoms. The van der Waals surface area contributed by atoms with Crippen LogP contribution in [0.15, 0.2) is 36.7 Å². The van der Waals surface area contributed by atoms with Gasteiger partial charge in [-0.3, -0.25) is 23.9 Å². The number of hydrogen-bond donors (Lipinski definition) is 0. The molecule has 0 unspecified atom stereocenters. The van der Waals surface area contributed by atoms with Crippen molar-refractivity contribution in [3.8, 4) is 11.1 Å². The smallest absolute Gasteiger partial charge is 0.343 e. The third-order valence-electron chi connectivity index (χ3n) is 11.0. The van der Waals surface area contributed by atoms with Crippen molar-refractivity contribution >= 4 is 34.3 Å². The summed E-state index contributed by atoms with van der Waals surface area (Å²) in [4.78, 5) is 69.4. The first-order valence-corrected chi connectivity index (χ1v) is 19.2. The first kappa shape index (κ1) is 39.7. The Morgan fingerprint density at radius 1 is 0.927 bits per heavy atom. The Kier molecular flexibility index (Phi) is 11.8. The van der Waals surface area contributed by atoms with Crippen LogP contribution < -0.4 is 0 Å². The number of alkyl halides is 3. The Morgan fingerprint density at radius 2 is 1.64 bits per heavy atom. The number of nitrogens with zero attached hydrogens (tertiary/aromatic N) is 7. The van der Waals surface area contributed by atoms with Gasteiger partial charge in [0, 0.05) is 55.8 Å². The van der Waals surface area contributed by atoms with Crippen LogP contribution in [0.5, 0.6) is 0 Å². The van der Waals surface area contributed by atoms with E-state index in [0.29, 0.717) is 54.6 Å². The van der Waals surface area contributed by atoms with E-state index in [4.69, 9.17) is 0 Å². The summed E-state index contributed by atoms with van der Waals surface area (Å²) in [5, 5.41) is 5.28. The van der Waals surface area contributed by atoms with Crippen LogP contribution in [0.2, 0.25) is 0 Å². The molecule has 292 valence electrons. The summed E-state index contributed by atoms with van der Waals surface area (Å²) >= 11 is 0. The van der Waals surface area contributed by atoms with Crippen LogP contribution in [0, 0.1) is 19.8 Å². The van der Waals surface area contributed by atoms with Gasteiger partial charge in [0.05, 0.1) is 23.7 Å². The van der Waals surface area contributed by atoms with Gasteiger partial charge in [0.2, 0.25) is 11.8 Å². The SMILES string of the molecule is CCN(CC)C(=O)CCCCCCc1cc(-c2cnc(C)nc2)cc2c(C(C)=O)nn(CC(=O)N3[C@@H]4C[C@@H]4C[C@H]3C(=O)Cc3nc(C(F)(F)F)ccc3C)c12. The summed E-state index contributed by atoms with van der Waals surface area (Å²) in [6, 6.07) is 5.19. The van der Waals surface area contributed by atoms with Crippen molar-refractivity contribution in [2.45, 2.75) is 117 Å². The van der Waals surface area contributed by atoms with Crippen LogP contribution in [0.4, 0.5) is 13.2 Å². The molecule has 2 amide bonds. The van der Waals surface area contributed by atoms with E-state index in [-0.39, 0.29) is 59.7 Å². The summed E-state index contributed by atoms with van der Waals surface area (Å²) in [5.41, 5.74) is 2.81. The van der Waals surface area contributed by atoms with Gasteiger partial charge in [-0.15, -0.1) is 0 Å². The highest BCUT2D eigenvalue weighted by Crippen LogP contribution is 2.48. The fourth-order valence-corrected chi connectivity index (χ4v) is 7.86. The number of likely N-dealkylation sites (tertiary alicyclic amines) is 1. The van der Waals surface area contributed by atoms with Crippen molar-refractivity contribution in [3.05, 3.63) is 70.7 Å². The fourth-order valence-electron chi connectivity index (χ4n) is 7.86. The molecule has 0 N–H and O–H groups in total. The molecule has 55 heavy (non-hydrogen) atoms. The number of aromatic nitrogens is 5. The molecule has 11 nitrogen and oxygen atoms in total. The van der Waals surface area contributed by atoms with Crippen molar-refractivity contribution < 1.29 is 32.3 Å². The number of unbranched alkanes of at least 4 members (excludes halogenated alkanes) is 3. The Morgan fingerprint density at radius 3 is 2.31 bits per heavy atom. The molecule has 2 fully saturated rings. The zero-order valence-corrected chi connectivity index (χ0v) is 32.1. The lowest BCUT2D eigenvalue weighted by molar-refractivity contribution is -0.141. The van der Waals surface area contributed by atoms with Gasteiger partial charge in [-0.1, -0.05) is 18.9 Å². The molecular weight excluding hydrogens is 711 g/mol. The lowest BCUT2D eigenvalue weighted by Crippen LogP contribution is -2.45. The molecule has 4 heterocycles. The molecule has 0 spiro atoms. The summed E-state index contributed by atoms with van der Waals surface area (Å²) in [5.74, 6) is -0.0262. The van der Waals surface area contributed by atoms with Crippen molar-refractivity contribution in [2.75, 3.05) is 13.1 Å². The zero-order valence-electron chi connectivity index (χ0n) is 32.1. The lowest BCUT2D eigenvalue weighted by atomic mass is 9.96. The molecule has 3 atom stereocenters. The van der Waals surface area contributed by atoms with Gasteiger partial charge in [-0.05, 0) is 101 Å². The largest absolute Gasteiger partial charge is 0.433 e. The number of carbonyl (C=O) groups excluding carboxylic acids is 4. The van der Waals surface area contributed by atoms with Gasteiger partial charge in [-0.2, -0.15) is 18.3 Å². The van der Waals surface area contributed by atoms with Crippen molar-refractivity contribution in [1.29, 1.82) is 0 Å². The minimum absolute atomic E-state index is 0.0480. The van der Waals surface area contributed by atoms with Crippen LogP contribution in [0.1, 0.15) is 105 Å². The predicted molar refractivity (Wildman–Crippen MR) is 200 cm³/mol. The number of aryl methyl sites for hydroxylation is 3. The van der Waals surface area contributed by atoms with Gasteiger partial charge in [-0.25, -0.2) is 15.0 Å². The van der Waals surface area contributed by atoms with Crippen molar-refractivity contribution in [1.82, 2.24) is 34.5 Å². The molecule has 1 aliphatic heterocycles. The van der Waals surface area contributed by atoms with Gasteiger partial charge < -0.3 is 9.80 Å². The molecular formula is C41H48F3N7O4. The molecule has 1 saturated carbocycles. The van der Waals surface area contributed by atoms with E-state index in [9.17, 15) is 32.3 Å². The highest BCUT2D eigenvalue weighted by molar-refractivity contribution is 6.07. The Balaban J connectivity index is 1.26. The standard InChI is InChI=1S/C41H48F3N7O4/c1-6-49(7-2)37(54)13-11-9-8-10-12-27-16-28(30-21-45-26(5)46-22-30)17-31-39(25(4)52)48-50(40(27)31)23-38(55)51-33-18-29(33)19-34(51)35(53)20-32-24(3)14-15-36(47-32)41(42,43)44/h14-17,21-22,29,33-34H,6-13,18-20,23H2,1-5H3/t29-,33-,34+/m1/s1. The molecule has 6 rings (SSSR count). The normalized spacial score (nSPS) is 17.7. The number of carbonyl (C=O) groups is 4. The van der Waals surface area contributed by atoms with E-state index in [1.54, 1.807) is 35.8 Å². The summed E-state index contributed by atoms with van der Waals surface area (Å²) < 4.78 is 41.8. The summed E-state index contributed by atoms with van der Waals surface area (Å²) in [6.45, 7) is 9.97. The summed E-state index contributed by atoms with van der Waals surface area (Å²) in [7, 11) is 0. The first-order chi connectivity index (χ1) is 26.2. The van der Waals surface area contributed by atoms with Crippen LogP contribution in [-0.4, -0.2) is 83.1 Å². The highest BCUT2D eigenvalue weighted by Gasteiger charge is 2.55. The van der Waals surface area contributed by atoms with E-state index in [0.717, 1.165) is 54.9 Å². The molecule has 1 aliphatic carbocycles. The number of rotatable bonds is 16. The number of pyridine rings is 1. The molecule has 4 aromatic rings. The first-order valence-electron chi connectivity index (χ1n) is 19.2. The van der Waals surface area contributed by atoms with Gasteiger partial charge in [0.15, 0.2) is 11.6 Å². The maximum Gasteiger partial charge on any atom is 0.433 e. The number of Topliss-reactive ketones (excluding diaryl/α,β-unsaturated/α-hetero) is 2. The Bertz CT molecular complexity index is 2090. The maximum absolute atomic E-state index is 14.2. The van der Waals surface area contributed by atoms with E-state index in [1.165, 1.54) is 13.0 Å². The highest BCUT2D eigenvalue weighted by atomic mass is 19.4. The number of ketones is 2. The second kappa shape index (κ2) is 16.4. The topological polar surface area (TPSA) is 131 Å². The van der Waals surface area contributed by atoms with Crippen molar-refractivity contribution in [2.24, 2.45) is 5.92 Å². The zero-order chi connectivity index (χ0) is 39.6. The van der Waals surface area contributed by atoms with Gasteiger partial charge in [0.25, 0.3) is 0 Å². The van der Waals surface area contributed by atoms with E-state index in [1.807, 2.05) is 30.9 Å². The number of benzene rings is 1. The van der Waals surface area contributed by atoms with Crippen LogP contribution in [0.25, 0.3) is 22.0 Å². The number of halogens is 3. The average Bonchev–Trinajstić information content (AvgIpc) is 3.64. The number of fused-ring (bicyclic) bond motifs is 2. The van der Waals surface area contributed by atoms with Crippen LogP contribution in [-0.2, 0) is 39.9 Å². The summed E-state index contributed by atoms with van der Waals surface area (Å²) in [6.07, 6.45) is 4.15. The molecule has 1 saturated heterocycles. The third-order valence-corrected chi connectivity index (χ3v) is 11.0. The maximum atomic E-state index is 14.2. The van der Waals surface area contributed by atoms with Gasteiger partial charge in [0.1, 0.15) is 23.8 Å². The van der Waals surface area contributed by atoms with E-state index >= 15 is 0 Å². The lowest BCUT2D eigenvalue weighted by Gasteiger charge is -2.27. The molecule has 0 radical (unpaired) electrons. The minimum Gasteiger partial charge on any atom is -0.343 e. The van der Waals surface area contributed by atoms with E-state index in [2.05, 4.69) is 20.1 Å². The molecule has 14 heteroatoms. The second-order valence-electron chi connectivity index (χ2n) is 14.8. The van der Waals surface area contributed by atoms with Crippen LogP contribution >= 0.6 is 0 Å². The van der Waals surface area contributed by atoms with Crippen molar-refractivity contribution in [3.63, 3.8) is 0 Å². The predicted octanol–water partition coefficient (Wildman–Crippen LogP) is 6.89. The minimum atomic E-state index is -4.65. The molecule has 3 aromatic heterocycles. The molecule has 1 aromatic carbocycles. The fraction of sp³-hybridized carbons (Fsp3) is 0.512. The number of piperidine rings is 1. The average molecular weight is 760 g/mol. The second-order valence-corrected chi connectivity index (χ2v) is 14.8. The third kappa shape index (κ3) is 8.78. The Labute approximate surface area is 318 Å². The molecule has 2 aliphatic rings. The van der Waals surface area contributed by atoms with Crippen LogP contribution in [0.3, 0.4) is 0 Å². The monoisotopic (exact) mass is 759 g/mol. The van der Waals surface area contributed by atoms with E-state index < -0.39 is 17.9 Å².